The summed E-state index contributed by atoms with van der Waals surface area (Å²) in [4.78, 5) is 0. The van der Waals surface area contributed by atoms with Gasteiger partial charge in [0.25, 0.3) is 0 Å². The van der Waals surface area contributed by atoms with Crippen LogP contribution >= 0.6 is 23.2 Å². The summed E-state index contributed by atoms with van der Waals surface area (Å²) in [5.74, 6) is 0.656. The highest BCUT2D eigenvalue weighted by molar-refractivity contribution is 6.35. The predicted octanol–water partition coefficient (Wildman–Crippen LogP) is 5.97. The van der Waals surface area contributed by atoms with Crippen molar-refractivity contribution in [3.05, 3.63) is 63.1 Å². The van der Waals surface area contributed by atoms with Gasteiger partial charge < -0.3 is 5.32 Å². The maximum Gasteiger partial charge on any atom is 0.0641 e. The van der Waals surface area contributed by atoms with Crippen LogP contribution in [0.1, 0.15) is 35.4 Å². The third-order valence-electron chi connectivity index (χ3n) is 4.37. The molecule has 2 aromatic rings. The van der Waals surface area contributed by atoms with Gasteiger partial charge in [0.2, 0.25) is 0 Å². The van der Waals surface area contributed by atoms with E-state index >= 15 is 0 Å². The zero-order valence-corrected chi connectivity index (χ0v) is 13.8. The van der Waals surface area contributed by atoms with Crippen LogP contribution in [0.15, 0.2) is 36.4 Å². The third kappa shape index (κ3) is 3.04. The van der Waals surface area contributed by atoms with Crippen LogP contribution in [-0.2, 0) is 0 Å². The monoisotopic (exact) mass is 319 g/mol. The molecule has 0 aliphatic heterocycles. The molecule has 0 bridgehead atoms. The molecule has 1 N–H and O–H groups in total. The molecular formula is C18H19Cl2N. The summed E-state index contributed by atoms with van der Waals surface area (Å²) in [7, 11) is 0. The fourth-order valence-corrected chi connectivity index (χ4v) is 3.45. The van der Waals surface area contributed by atoms with E-state index in [1.807, 2.05) is 19.1 Å². The normalized spacial score (nSPS) is 21.0. The first-order valence-electron chi connectivity index (χ1n) is 7.32. The summed E-state index contributed by atoms with van der Waals surface area (Å²) in [5, 5.41) is 5.02. The van der Waals surface area contributed by atoms with Crippen molar-refractivity contribution in [2.45, 2.75) is 38.6 Å². The molecule has 110 valence electrons. The number of hydrogen-bond acceptors (Lipinski definition) is 1. The quantitative estimate of drug-likeness (QED) is 0.735. The van der Waals surface area contributed by atoms with E-state index in [1.54, 1.807) is 0 Å². The average molecular weight is 320 g/mol. The van der Waals surface area contributed by atoms with Crippen molar-refractivity contribution in [1.82, 2.24) is 0 Å². The SMILES string of the molecule is Cc1cc(Cl)c(NC2CC(c3ccccc3C)C2)cc1Cl. The van der Waals surface area contributed by atoms with E-state index in [4.69, 9.17) is 23.2 Å². The second-order valence-corrected chi connectivity index (χ2v) is 6.76. The van der Waals surface area contributed by atoms with Gasteiger partial charge in [0.05, 0.1) is 10.7 Å². The lowest BCUT2D eigenvalue weighted by molar-refractivity contribution is 0.373. The van der Waals surface area contributed by atoms with E-state index in [0.717, 1.165) is 34.1 Å². The molecule has 1 nitrogen and oxygen atoms in total. The second kappa shape index (κ2) is 5.90. The van der Waals surface area contributed by atoms with E-state index in [-0.39, 0.29) is 0 Å². The smallest absolute Gasteiger partial charge is 0.0641 e. The highest BCUT2D eigenvalue weighted by Gasteiger charge is 2.31. The molecule has 1 aliphatic carbocycles. The van der Waals surface area contributed by atoms with Gasteiger partial charge in [-0.3, -0.25) is 0 Å². The first kappa shape index (κ1) is 14.7. The molecule has 0 saturated heterocycles. The van der Waals surface area contributed by atoms with Crippen LogP contribution in [0.5, 0.6) is 0 Å². The van der Waals surface area contributed by atoms with Gasteiger partial charge in [0.1, 0.15) is 0 Å². The van der Waals surface area contributed by atoms with Gasteiger partial charge in [-0.15, -0.1) is 0 Å². The maximum absolute atomic E-state index is 6.28. The first-order valence-corrected chi connectivity index (χ1v) is 8.08. The molecule has 0 aromatic heterocycles. The number of benzene rings is 2. The van der Waals surface area contributed by atoms with E-state index in [0.29, 0.717) is 12.0 Å². The Morgan fingerprint density at radius 2 is 1.67 bits per heavy atom. The number of anilines is 1. The Bertz CT molecular complexity index is 660. The largest absolute Gasteiger partial charge is 0.381 e. The molecule has 3 heteroatoms. The van der Waals surface area contributed by atoms with E-state index in [1.165, 1.54) is 11.1 Å². The van der Waals surface area contributed by atoms with Gasteiger partial charge in [-0.05, 0) is 61.4 Å². The van der Waals surface area contributed by atoms with Crippen molar-refractivity contribution < 1.29 is 0 Å². The summed E-state index contributed by atoms with van der Waals surface area (Å²) < 4.78 is 0. The Hall–Kier alpha value is -1.18. The zero-order valence-electron chi connectivity index (χ0n) is 12.3. The summed E-state index contributed by atoms with van der Waals surface area (Å²) in [6.07, 6.45) is 2.29. The van der Waals surface area contributed by atoms with Gasteiger partial charge in [-0.2, -0.15) is 0 Å². The Morgan fingerprint density at radius 3 is 2.38 bits per heavy atom. The topological polar surface area (TPSA) is 12.0 Å². The second-order valence-electron chi connectivity index (χ2n) is 5.95. The van der Waals surface area contributed by atoms with Crippen molar-refractivity contribution in [3.8, 4) is 0 Å². The fraction of sp³-hybridized carbons (Fsp3) is 0.333. The Morgan fingerprint density at radius 1 is 0.952 bits per heavy atom. The third-order valence-corrected chi connectivity index (χ3v) is 5.09. The summed E-state index contributed by atoms with van der Waals surface area (Å²) in [6.45, 7) is 4.16. The molecule has 3 rings (SSSR count). The lowest BCUT2D eigenvalue weighted by Gasteiger charge is -2.37. The Balaban J connectivity index is 1.65. The fourth-order valence-electron chi connectivity index (χ4n) is 3.01. The van der Waals surface area contributed by atoms with Crippen LogP contribution in [0, 0.1) is 13.8 Å². The lowest BCUT2D eigenvalue weighted by atomic mass is 9.74. The maximum atomic E-state index is 6.28. The molecule has 0 unspecified atom stereocenters. The Labute approximate surface area is 136 Å². The lowest BCUT2D eigenvalue weighted by Crippen LogP contribution is -2.34. The van der Waals surface area contributed by atoms with Gasteiger partial charge in [-0.25, -0.2) is 0 Å². The molecule has 1 fully saturated rings. The van der Waals surface area contributed by atoms with Crippen molar-refractivity contribution >= 4 is 28.9 Å². The number of aryl methyl sites for hydroxylation is 2. The van der Waals surface area contributed by atoms with E-state index < -0.39 is 0 Å². The molecule has 1 aliphatic rings. The van der Waals surface area contributed by atoms with Crippen molar-refractivity contribution in [2.75, 3.05) is 5.32 Å². The zero-order chi connectivity index (χ0) is 15.0. The highest BCUT2D eigenvalue weighted by atomic mass is 35.5. The summed E-state index contributed by atoms with van der Waals surface area (Å²) in [5.41, 5.74) is 4.82. The van der Waals surface area contributed by atoms with Crippen LogP contribution in [-0.4, -0.2) is 6.04 Å². The summed E-state index contributed by atoms with van der Waals surface area (Å²) >= 11 is 12.5. The minimum Gasteiger partial charge on any atom is -0.381 e. The van der Waals surface area contributed by atoms with Gasteiger partial charge in [-0.1, -0.05) is 47.5 Å². The van der Waals surface area contributed by atoms with Crippen molar-refractivity contribution in [2.24, 2.45) is 0 Å². The van der Waals surface area contributed by atoms with Gasteiger partial charge in [0.15, 0.2) is 0 Å². The molecule has 1 saturated carbocycles. The van der Waals surface area contributed by atoms with Crippen LogP contribution in [0.2, 0.25) is 10.0 Å². The first-order chi connectivity index (χ1) is 10.0. The molecule has 0 spiro atoms. The number of halogens is 2. The standard InChI is InChI=1S/C18H19Cl2N/c1-11-5-3-4-6-15(11)13-8-14(9-13)21-18-10-16(19)12(2)7-17(18)20/h3-7,10,13-14,21H,8-9H2,1-2H3. The highest BCUT2D eigenvalue weighted by Crippen LogP contribution is 2.41. The summed E-state index contributed by atoms with van der Waals surface area (Å²) in [6, 6.07) is 13.0. The minimum atomic E-state index is 0.478. The van der Waals surface area contributed by atoms with Crippen LogP contribution < -0.4 is 5.32 Å². The molecule has 0 radical (unpaired) electrons. The van der Waals surface area contributed by atoms with Gasteiger partial charge >= 0.3 is 0 Å². The number of hydrogen-bond donors (Lipinski definition) is 1. The molecule has 2 aromatic carbocycles. The molecule has 0 amide bonds. The number of rotatable bonds is 3. The molecule has 0 heterocycles. The van der Waals surface area contributed by atoms with Gasteiger partial charge in [0, 0.05) is 11.1 Å². The average Bonchev–Trinajstić information content (AvgIpc) is 2.40. The molecule has 21 heavy (non-hydrogen) atoms. The number of nitrogens with one attached hydrogen (secondary N) is 1. The predicted molar refractivity (Wildman–Crippen MR) is 91.8 cm³/mol. The minimum absolute atomic E-state index is 0.478. The van der Waals surface area contributed by atoms with Crippen LogP contribution in [0.3, 0.4) is 0 Å². The Kier molecular flexibility index (Phi) is 4.14. The van der Waals surface area contributed by atoms with Crippen LogP contribution in [0.25, 0.3) is 0 Å². The van der Waals surface area contributed by atoms with E-state index in [2.05, 4.69) is 36.5 Å². The van der Waals surface area contributed by atoms with E-state index in [9.17, 15) is 0 Å². The molecular weight excluding hydrogens is 301 g/mol. The van der Waals surface area contributed by atoms with Crippen molar-refractivity contribution in [1.29, 1.82) is 0 Å². The van der Waals surface area contributed by atoms with Crippen LogP contribution in [0.4, 0.5) is 5.69 Å². The van der Waals surface area contributed by atoms with Crippen molar-refractivity contribution in [3.63, 3.8) is 0 Å². The molecule has 0 atom stereocenters.